The molecule has 0 bridgehead atoms. The molecule has 0 aliphatic heterocycles. The average Bonchev–Trinajstić information content (AvgIpc) is 2.66. The molecule has 2 rings (SSSR count). The second-order valence-electron chi connectivity index (χ2n) is 7.79. The lowest BCUT2D eigenvalue weighted by atomic mass is 9.69. The topological polar surface area (TPSA) is 58.9 Å². The lowest BCUT2D eigenvalue weighted by Gasteiger charge is -2.41. The van der Waals surface area contributed by atoms with Crippen molar-refractivity contribution in [1.82, 2.24) is 0 Å². The molecule has 0 heterocycles. The lowest BCUT2D eigenvalue weighted by Crippen LogP contribution is -2.51. The van der Waals surface area contributed by atoms with Gasteiger partial charge < -0.3 is 19.7 Å². The first-order chi connectivity index (χ1) is 12.1. The first-order valence-corrected chi connectivity index (χ1v) is 8.79. The third-order valence-electron chi connectivity index (χ3n) is 5.45. The Labute approximate surface area is 156 Å². The summed E-state index contributed by atoms with van der Waals surface area (Å²) in [6.45, 7) is 7.75. The second-order valence-corrected chi connectivity index (χ2v) is 7.79. The molecule has 0 radical (unpaired) electrons. The first kappa shape index (κ1) is 20.3. The van der Waals surface area contributed by atoms with Crippen LogP contribution in [0.5, 0.6) is 11.5 Å². The highest BCUT2D eigenvalue weighted by atomic mass is 16.5. The fourth-order valence-corrected chi connectivity index (χ4v) is 3.17. The van der Waals surface area contributed by atoms with E-state index in [1.165, 1.54) is 0 Å². The molecule has 26 heavy (non-hydrogen) atoms. The summed E-state index contributed by atoms with van der Waals surface area (Å²) in [6.07, 6.45) is -1.90. The van der Waals surface area contributed by atoms with Gasteiger partial charge in [-0.1, -0.05) is 52.0 Å². The number of methoxy groups -OCH3 is 2. The molecule has 142 valence electrons. The Hall–Kier alpha value is -2.04. The minimum atomic E-state index is -0.951. The molecule has 0 aromatic heterocycles. The highest BCUT2D eigenvalue weighted by molar-refractivity contribution is 5.35. The highest BCUT2D eigenvalue weighted by Crippen LogP contribution is 2.37. The van der Waals surface area contributed by atoms with Crippen LogP contribution in [0.15, 0.2) is 48.5 Å². The van der Waals surface area contributed by atoms with Gasteiger partial charge in [0.05, 0.1) is 26.4 Å². The molecule has 0 fully saturated rings. The van der Waals surface area contributed by atoms with Crippen LogP contribution in [0.4, 0.5) is 0 Å². The maximum Gasteiger partial charge on any atom is 0.118 e. The van der Waals surface area contributed by atoms with Gasteiger partial charge in [0, 0.05) is 10.8 Å². The number of rotatable bonds is 7. The monoisotopic (exact) mass is 358 g/mol. The quantitative estimate of drug-likeness (QED) is 0.793. The molecule has 0 saturated carbocycles. The van der Waals surface area contributed by atoms with Gasteiger partial charge in [-0.15, -0.1) is 0 Å². The number of ether oxygens (including phenoxy) is 2. The maximum absolute atomic E-state index is 11.0. The van der Waals surface area contributed by atoms with E-state index in [1.807, 2.05) is 76.2 Å². The summed E-state index contributed by atoms with van der Waals surface area (Å²) < 4.78 is 10.4. The van der Waals surface area contributed by atoms with Crippen LogP contribution in [0.3, 0.4) is 0 Å². The smallest absolute Gasteiger partial charge is 0.118 e. The van der Waals surface area contributed by atoms with Gasteiger partial charge in [-0.2, -0.15) is 0 Å². The first-order valence-electron chi connectivity index (χ1n) is 8.79. The zero-order chi connectivity index (χ0) is 19.5. The van der Waals surface area contributed by atoms with Gasteiger partial charge in [-0.3, -0.25) is 0 Å². The van der Waals surface area contributed by atoms with E-state index in [9.17, 15) is 10.2 Å². The molecule has 0 aliphatic carbocycles. The Morgan fingerprint density at radius 2 is 0.885 bits per heavy atom. The third kappa shape index (κ3) is 3.87. The SMILES string of the molecule is COc1ccc(C(C)(C)C(O)C(O)C(C)(C)c2ccc(OC)cc2)cc1. The number of aliphatic hydroxyl groups excluding tert-OH is 2. The number of hydrogen-bond acceptors (Lipinski definition) is 4. The van der Waals surface area contributed by atoms with Crippen LogP contribution in [0, 0.1) is 0 Å². The summed E-state index contributed by atoms with van der Waals surface area (Å²) in [5, 5.41) is 22.0. The summed E-state index contributed by atoms with van der Waals surface area (Å²) in [4.78, 5) is 0. The average molecular weight is 358 g/mol. The fraction of sp³-hybridized carbons (Fsp3) is 0.455. The van der Waals surface area contributed by atoms with Crippen molar-refractivity contribution in [3.05, 3.63) is 59.7 Å². The zero-order valence-electron chi connectivity index (χ0n) is 16.5. The van der Waals surface area contributed by atoms with Gasteiger partial charge in [0.15, 0.2) is 0 Å². The molecular weight excluding hydrogens is 328 g/mol. The van der Waals surface area contributed by atoms with Crippen molar-refractivity contribution in [1.29, 1.82) is 0 Å². The van der Waals surface area contributed by atoms with Crippen LogP contribution in [-0.2, 0) is 10.8 Å². The molecule has 2 unspecified atom stereocenters. The normalized spacial score (nSPS) is 14.6. The standard InChI is InChI=1S/C22H30O4/c1-21(2,15-7-11-17(25-5)12-8-15)19(23)20(24)22(3,4)16-9-13-18(26-6)14-10-16/h7-14,19-20,23-24H,1-6H3. The molecule has 2 N–H and O–H groups in total. The predicted octanol–water partition coefficient (Wildman–Crippen LogP) is 3.68. The minimum absolute atomic E-state index is 0.630. The van der Waals surface area contributed by atoms with Crippen LogP contribution in [-0.4, -0.2) is 36.6 Å². The van der Waals surface area contributed by atoms with Gasteiger partial charge in [-0.25, -0.2) is 0 Å². The van der Waals surface area contributed by atoms with Crippen LogP contribution < -0.4 is 9.47 Å². The molecule has 0 amide bonds. The summed E-state index contributed by atoms with van der Waals surface area (Å²) in [7, 11) is 3.24. The summed E-state index contributed by atoms with van der Waals surface area (Å²) in [5.74, 6) is 1.52. The van der Waals surface area contributed by atoms with E-state index in [0.29, 0.717) is 0 Å². The van der Waals surface area contributed by atoms with E-state index in [1.54, 1.807) is 14.2 Å². The molecular formula is C22H30O4. The Kier molecular flexibility index (Phi) is 5.99. The predicted molar refractivity (Wildman–Crippen MR) is 104 cm³/mol. The van der Waals surface area contributed by atoms with Crippen molar-refractivity contribution >= 4 is 0 Å². The molecule has 2 aromatic rings. The molecule has 4 nitrogen and oxygen atoms in total. The number of aliphatic hydroxyl groups is 2. The molecule has 0 aliphatic rings. The lowest BCUT2D eigenvalue weighted by molar-refractivity contribution is -0.0558. The molecule has 0 spiro atoms. The molecule has 2 atom stereocenters. The van der Waals surface area contributed by atoms with Crippen LogP contribution in [0.25, 0.3) is 0 Å². The van der Waals surface area contributed by atoms with Crippen LogP contribution in [0.1, 0.15) is 38.8 Å². The second kappa shape index (κ2) is 7.68. The van der Waals surface area contributed by atoms with Crippen molar-refractivity contribution in [2.24, 2.45) is 0 Å². The number of hydrogen-bond donors (Lipinski definition) is 2. The van der Waals surface area contributed by atoms with Crippen molar-refractivity contribution in [3.8, 4) is 11.5 Å². The zero-order valence-corrected chi connectivity index (χ0v) is 16.5. The highest BCUT2D eigenvalue weighted by Gasteiger charge is 2.42. The van der Waals surface area contributed by atoms with Crippen molar-refractivity contribution in [3.63, 3.8) is 0 Å². The van der Waals surface area contributed by atoms with E-state index in [4.69, 9.17) is 9.47 Å². The molecule has 2 aromatic carbocycles. The van der Waals surface area contributed by atoms with Crippen molar-refractivity contribution < 1.29 is 19.7 Å². The minimum Gasteiger partial charge on any atom is -0.497 e. The van der Waals surface area contributed by atoms with Gasteiger partial charge in [-0.05, 0) is 35.4 Å². The van der Waals surface area contributed by atoms with Gasteiger partial charge in [0.2, 0.25) is 0 Å². The van der Waals surface area contributed by atoms with Gasteiger partial charge in [0.1, 0.15) is 11.5 Å². The largest absolute Gasteiger partial charge is 0.497 e. The third-order valence-corrected chi connectivity index (χ3v) is 5.45. The maximum atomic E-state index is 11.0. The van der Waals surface area contributed by atoms with E-state index in [0.717, 1.165) is 22.6 Å². The Morgan fingerprint density at radius 1 is 0.615 bits per heavy atom. The number of benzene rings is 2. The summed E-state index contributed by atoms with van der Waals surface area (Å²) in [6, 6.07) is 15.2. The van der Waals surface area contributed by atoms with Gasteiger partial charge in [0.25, 0.3) is 0 Å². The van der Waals surface area contributed by atoms with E-state index >= 15 is 0 Å². The summed E-state index contributed by atoms with van der Waals surface area (Å²) in [5.41, 5.74) is 0.621. The molecule has 4 heteroatoms. The fourth-order valence-electron chi connectivity index (χ4n) is 3.17. The van der Waals surface area contributed by atoms with Crippen molar-refractivity contribution in [2.75, 3.05) is 14.2 Å². The molecule has 0 saturated heterocycles. The Morgan fingerprint density at radius 3 is 1.12 bits per heavy atom. The van der Waals surface area contributed by atoms with Crippen molar-refractivity contribution in [2.45, 2.75) is 50.7 Å². The Balaban J connectivity index is 2.28. The van der Waals surface area contributed by atoms with E-state index in [-0.39, 0.29) is 0 Å². The van der Waals surface area contributed by atoms with E-state index in [2.05, 4.69) is 0 Å². The van der Waals surface area contributed by atoms with Crippen LogP contribution >= 0.6 is 0 Å². The van der Waals surface area contributed by atoms with E-state index < -0.39 is 23.0 Å². The summed E-state index contributed by atoms with van der Waals surface area (Å²) >= 11 is 0. The Bertz CT molecular complexity index is 638. The van der Waals surface area contributed by atoms with Gasteiger partial charge >= 0.3 is 0 Å². The van der Waals surface area contributed by atoms with Crippen LogP contribution in [0.2, 0.25) is 0 Å².